The van der Waals surface area contributed by atoms with Gasteiger partial charge in [0, 0.05) is 45.5 Å². The van der Waals surface area contributed by atoms with Crippen molar-refractivity contribution in [3.63, 3.8) is 0 Å². The average Bonchev–Trinajstić information content (AvgIpc) is 2.71. The van der Waals surface area contributed by atoms with Crippen LogP contribution in [0.3, 0.4) is 0 Å². The van der Waals surface area contributed by atoms with E-state index in [-0.39, 0.29) is 11.9 Å². The summed E-state index contributed by atoms with van der Waals surface area (Å²) in [6.45, 7) is 9.04. The highest BCUT2D eigenvalue weighted by Gasteiger charge is 2.32. The summed E-state index contributed by atoms with van der Waals surface area (Å²) in [4.78, 5) is 24.2. The Hall–Kier alpha value is -2.40. The van der Waals surface area contributed by atoms with Crippen molar-refractivity contribution in [2.24, 2.45) is 0 Å². The molecule has 1 aromatic carbocycles. The van der Waals surface area contributed by atoms with E-state index in [4.69, 9.17) is 0 Å². The molecule has 138 valence electrons. The SMILES string of the molecule is CCN(CC)C(=O)C(c1ccccc1)N1CCN(c2ccccn2)CC1. The summed E-state index contributed by atoms with van der Waals surface area (Å²) in [6.07, 6.45) is 1.83. The van der Waals surface area contributed by atoms with Crippen LogP contribution in [0.2, 0.25) is 0 Å². The van der Waals surface area contributed by atoms with Crippen molar-refractivity contribution in [2.75, 3.05) is 44.2 Å². The van der Waals surface area contributed by atoms with Crippen molar-refractivity contribution >= 4 is 11.7 Å². The lowest BCUT2D eigenvalue weighted by Crippen LogP contribution is -2.51. The second-order valence-corrected chi connectivity index (χ2v) is 6.53. The van der Waals surface area contributed by atoms with Crippen molar-refractivity contribution in [3.8, 4) is 0 Å². The van der Waals surface area contributed by atoms with Gasteiger partial charge in [0.25, 0.3) is 0 Å². The van der Waals surface area contributed by atoms with Crippen molar-refractivity contribution in [1.82, 2.24) is 14.8 Å². The molecule has 0 saturated carbocycles. The molecule has 1 unspecified atom stereocenters. The quantitative estimate of drug-likeness (QED) is 0.801. The largest absolute Gasteiger partial charge is 0.354 e. The summed E-state index contributed by atoms with van der Waals surface area (Å²) in [5.74, 6) is 1.21. The molecule has 26 heavy (non-hydrogen) atoms. The van der Waals surface area contributed by atoms with Gasteiger partial charge in [-0.3, -0.25) is 9.69 Å². The third-order valence-electron chi connectivity index (χ3n) is 5.08. The molecule has 1 fully saturated rings. The van der Waals surface area contributed by atoms with Crippen LogP contribution in [0.4, 0.5) is 5.82 Å². The van der Waals surface area contributed by atoms with E-state index in [2.05, 4.69) is 26.9 Å². The fraction of sp³-hybridized carbons (Fsp3) is 0.429. The summed E-state index contributed by atoms with van der Waals surface area (Å²) in [5, 5.41) is 0. The van der Waals surface area contributed by atoms with Crippen LogP contribution in [0.25, 0.3) is 0 Å². The summed E-state index contributed by atoms with van der Waals surface area (Å²) >= 11 is 0. The van der Waals surface area contributed by atoms with Crippen molar-refractivity contribution in [3.05, 3.63) is 60.3 Å². The maximum absolute atomic E-state index is 13.2. The number of piperazine rings is 1. The minimum absolute atomic E-state index is 0.201. The topological polar surface area (TPSA) is 39.7 Å². The zero-order valence-corrected chi connectivity index (χ0v) is 15.7. The Labute approximate surface area is 156 Å². The summed E-state index contributed by atoms with van der Waals surface area (Å²) in [6, 6.07) is 16.0. The second-order valence-electron chi connectivity index (χ2n) is 6.53. The van der Waals surface area contributed by atoms with Gasteiger partial charge in [-0.1, -0.05) is 36.4 Å². The van der Waals surface area contributed by atoms with E-state index in [0.29, 0.717) is 0 Å². The van der Waals surface area contributed by atoms with Crippen LogP contribution in [0, 0.1) is 0 Å². The van der Waals surface area contributed by atoms with Gasteiger partial charge in [-0.25, -0.2) is 4.98 Å². The predicted molar refractivity (Wildman–Crippen MR) is 105 cm³/mol. The van der Waals surface area contributed by atoms with E-state index in [1.54, 1.807) is 0 Å². The normalized spacial score (nSPS) is 16.3. The molecule has 1 aliphatic heterocycles. The van der Waals surface area contributed by atoms with Gasteiger partial charge in [-0.05, 0) is 31.5 Å². The molecule has 0 spiro atoms. The van der Waals surface area contributed by atoms with Crippen LogP contribution in [0.1, 0.15) is 25.5 Å². The molecule has 3 rings (SSSR count). The first kappa shape index (κ1) is 18.4. The number of pyridine rings is 1. The third-order valence-corrected chi connectivity index (χ3v) is 5.08. The van der Waals surface area contributed by atoms with Gasteiger partial charge in [0.1, 0.15) is 11.9 Å². The minimum atomic E-state index is -0.206. The number of nitrogens with zero attached hydrogens (tertiary/aromatic N) is 4. The summed E-state index contributed by atoms with van der Waals surface area (Å²) in [5.41, 5.74) is 1.08. The highest BCUT2D eigenvalue weighted by atomic mass is 16.2. The minimum Gasteiger partial charge on any atom is -0.354 e. The molecule has 1 saturated heterocycles. The van der Waals surface area contributed by atoms with E-state index in [0.717, 1.165) is 50.6 Å². The Bertz CT molecular complexity index is 680. The Morgan fingerprint density at radius 1 is 1.00 bits per heavy atom. The molecule has 1 aromatic heterocycles. The van der Waals surface area contributed by atoms with Crippen LogP contribution >= 0.6 is 0 Å². The number of benzene rings is 1. The zero-order valence-electron chi connectivity index (χ0n) is 15.7. The van der Waals surface area contributed by atoms with Gasteiger partial charge in [-0.2, -0.15) is 0 Å². The zero-order chi connectivity index (χ0) is 18.4. The number of amides is 1. The van der Waals surface area contributed by atoms with E-state index in [1.807, 2.05) is 61.3 Å². The summed E-state index contributed by atoms with van der Waals surface area (Å²) < 4.78 is 0. The lowest BCUT2D eigenvalue weighted by atomic mass is 10.0. The van der Waals surface area contributed by atoms with Gasteiger partial charge in [0.2, 0.25) is 5.91 Å². The first-order chi connectivity index (χ1) is 12.7. The Morgan fingerprint density at radius 2 is 1.65 bits per heavy atom. The number of hydrogen-bond donors (Lipinski definition) is 0. The third kappa shape index (κ3) is 4.05. The molecule has 1 aliphatic rings. The van der Waals surface area contributed by atoms with E-state index in [1.165, 1.54) is 0 Å². The number of rotatable bonds is 6. The van der Waals surface area contributed by atoms with E-state index >= 15 is 0 Å². The van der Waals surface area contributed by atoms with Gasteiger partial charge >= 0.3 is 0 Å². The molecular weight excluding hydrogens is 324 g/mol. The molecule has 2 aromatic rings. The molecule has 0 bridgehead atoms. The van der Waals surface area contributed by atoms with Crippen LogP contribution in [0.15, 0.2) is 54.7 Å². The van der Waals surface area contributed by atoms with Crippen molar-refractivity contribution < 1.29 is 4.79 Å². The highest BCUT2D eigenvalue weighted by molar-refractivity contribution is 5.83. The van der Waals surface area contributed by atoms with Gasteiger partial charge in [-0.15, -0.1) is 0 Å². The smallest absolute Gasteiger partial charge is 0.244 e. The number of hydrogen-bond acceptors (Lipinski definition) is 4. The van der Waals surface area contributed by atoms with Gasteiger partial charge < -0.3 is 9.80 Å². The first-order valence-electron chi connectivity index (χ1n) is 9.48. The van der Waals surface area contributed by atoms with Crippen molar-refractivity contribution in [1.29, 1.82) is 0 Å². The Kier molecular flexibility index (Phi) is 6.23. The maximum Gasteiger partial charge on any atom is 0.244 e. The number of anilines is 1. The van der Waals surface area contributed by atoms with Crippen LogP contribution < -0.4 is 4.90 Å². The second kappa shape index (κ2) is 8.81. The van der Waals surface area contributed by atoms with E-state index < -0.39 is 0 Å². The molecule has 0 N–H and O–H groups in total. The van der Waals surface area contributed by atoms with Gasteiger partial charge in [0.05, 0.1) is 0 Å². The Morgan fingerprint density at radius 3 is 2.23 bits per heavy atom. The highest BCUT2D eigenvalue weighted by Crippen LogP contribution is 2.25. The van der Waals surface area contributed by atoms with Crippen LogP contribution in [-0.2, 0) is 4.79 Å². The fourth-order valence-electron chi connectivity index (χ4n) is 3.60. The molecule has 5 nitrogen and oxygen atoms in total. The fourth-order valence-corrected chi connectivity index (χ4v) is 3.60. The molecule has 0 radical (unpaired) electrons. The number of carbonyl (C=O) groups excluding carboxylic acids is 1. The summed E-state index contributed by atoms with van der Waals surface area (Å²) in [7, 11) is 0. The molecule has 0 aliphatic carbocycles. The molecular formula is C21H28N4O. The molecule has 5 heteroatoms. The van der Waals surface area contributed by atoms with Crippen LogP contribution in [-0.4, -0.2) is 60.0 Å². The number of aromatic nitrogens is 1. The average molecular weight is 352 g/mol. The lowest BCUT2D eigenvalue weighted by Gasteiger charge is -2.40. The number of carbonyl (C=O) groups is 1. The molecule has 2 heterocycles. The maximum atomic E-state index is 13.2. The first-order valence-corrected chi connectivity index (χ1v) is 9.48. The van der Waals surface area contributed by atoms with E-state index in [9.17, 15) is 4.79 Å². The molecule has 1 amide bonds. The van der Waals surface area contributed by atoms with Crippen molar-refractivity contribution in [2.45, 2.75) is 19.9 Å². The van der Waals surface area contributed by atoms with Gasteiger partial charge in [0.15, 0.2) is 0 Å². The standard InChI is InChI=1S/C21H28N4O/c1-3-23(4-2)21(26)20(18-10-6-5-7-11-18)25-16-14-24(15-17-25)19-12-8-9-13-22-19/h5-13,20H,3-4,14-17H2,1-2H3. The Balaban J connectivity index is 1.77. The molecule has 1 atom stereocenters. The van der Waals surface area contributed by atoms with Crippen LogP contribution in [0.5, 0.6) is 0 Å². The monoisotopic (exact) mass is 352 g/mol. The lowest BCUT2D eigenvalue weighted by molar-refractivity contribution is -0.137. The predicted octanol–water partition coefficient (Wildman–Crippen LogP) is 2.81. The number of likely N-dealkylation sites (N-methyl/N-ethyl adjacent to an activating group) is 1.